The fraction of sp³-hybridized carbons (Fsp3) is 0.300. The predicted octanol–water partition coefficient (Wildman–Crippen LogP) is 1.14. The van der Waals surface area contributed by atoms with Gasteiger partial charge in [-0.25, -0.2) is 0 Å². The Bertz CT molecular complexity index is 348. The summed E-state index contributed by atoms with van der Waals surface area (Å²) in [5.74, 6) is -0.206. The van der Waals surface area contributed by atoms with Crippen LogP contribution in [0.5, 0.6) is 5.75 Å². The second-order valence-corrected chi connectivity index (χ2v) is 3.18. The van der Waals surface area contributed by atoms with Crippen LogP contribution in [0.25, 0.3) is 0 Å². The van der Waals surface area contributed by atoms with Crippen molar-refractivity contribution in [3.8, 4) is 5.75 Å². The summed E-state index contributed by atoms with van der Waals surface area (Å²) in [6.45, 7) is 0. The Morgan fingerprint density at radius 1 is 1.43 bits per heavy atom. The summed E-state index contributed by atoms with van der Waals surface area (Å²) < 4.78 is 0. The number of rotatable bonds is 2. The monoisotopic (exact) mass is 194 g/mol. The summed E-state index contributed by atoms with van der Waals surface area (Å²) in [7, 11) is 5.05. The van der Waals surface area contributed by atoms with Gasteiger partial charge in [0.25, 0.3) is 5.91 Å². The van der Waals surface area contributed by atoms with Crippen molar-refractivity contribution in [2.75, 3.05) is 26.5 Å². The second-order valence-electron chi connectivity index (χ2n) is 3.18. The summed E-state index contributed by atoms with van der Waals surface area (Å²) in [5, 5.41) is 12.4. The summed E-state index contributed by atoms with van der Waals surface area (Å²) in [6.07, 6.45) is 0. The van der Waals surface area contributed by atoms with E-state index in [9.17, 15) is 9.90 Å². The Hall–Kier alpha value is -1.71. The first-order valence-corrected chi connectivity index (χ1v) is 4.28. The van der Waals surface area contributed by atoms with Crippen molar-refractivity contribution in [1.29, 1.82) is 0 Å². The van der Waals surface area contributed by atoms with Crippen molar-refractivity contribution in [1.82, 2.24) is 4.90 Å². The zero-order chi connectivity index (χ0) is 10.7. The molecule has 14 heavy (non-hydrogen) atoms. The fourth-order valence-corrected chi connectivity index (χ4v) is 1.10. The number of nitrogens with one attached hydrogen (secondary N) is 1. The Balaban J connectivity index is 3.12. The molecule has 0 atom stereocenters. The molecule has 0 bridgehead atoms. The molecule has 4 nitrogen and oxygen atoms in total. The molecular weight excluding hydrogens is 180 g/mol. The van der Waals surface area contributed by atoms with Crippen LogP contribution in [-0.2, 0) is 0 Å². The number of anilines is 1. The standard InChI is InChI=1S/C10H14N2O2/c1-11-7-4-5-9(13)8(6-7)10(14)12(2)3/h4-6,11,13H,1-3H3. The first-order valence-electron chi connectivity index (χ1n) is 4.28. The molecule has 0 spiro atoms. The Kier molecular flexibility index (Phi) is 2.96. The Labute approximate surface area is 83.2 Å². The zero-order valence-electron chi connectivity index (χ0n) is 8.53. The molecule has 0 heterocycles. The molecule has 1 aromatic carbocycles. The van der Waals surface area contributed by atoms with E-state index in [1.807, 2.05) is 0 Å². The van der Waals surface area contributed by atoms with Gasteiger partial charge >= 0.3 is 0 Å². The number of amides is 1. The van der Waals surface area contributed by atoms with Crippen LogP contribution in [0.15, 0.2) is 18.2 Å². The number of nitrogens with zero attached hydrogens (tertiary/aromatic N) is 1. The minimum Gasteiger partial charge on any atom is -0.507 e. The Morgan fingerprint density at radius 2 is 2.07 bits per heavy atom. The number of phenolic OH excluding ortho intramolecular Hbond substituents is 1. The maximum absolute atomic E-state index is 11.6. The van der Waals surface area contributed by atoms with E-state index < -0.39 is 0 Å². The molecular formula is C10H14N2O2. The van der Waals surface area contributed by atoms with Crippen LogP contribution in [0.4, 0.5) is 5.69 Å². The van der Waals surface area contributed by atoms with Gasteiger partial charge in [-0.2, -0.15) is 0 Å². The minimum atomic E-state index is -0.209. The van der Waals surface area contributed by atoms with Gasteiger partial charge in [0.15, 0.2) is 0 Å². The SMILES string of the molecule is CNc1ccc(O)c(C(=O)N(C)C)c1. The van der Waals surface area contributed by atoms with Gasteiger partial charge < -0.3 is 15.3 Å². The third-order valence-corrected chi connectivity index (χ3v) is 1.92. The molecule has 0 saturated heterocycles. The smallest absolute Gasteiger partial charge is 0.257 e. The maximum atomic E-state index is 11.6. The van der Waals surface area contributed by atoms with Crippen LogP contribution in [-0.4, -0.2) is 37.1 Å². The highest BCUT2D eigenvalue weighted by molar-refractivity contribution is 5.97. The van der Waals surface area contributed by atoms with Gasteiger partial charge in [0.2, 0.25) is 0 Å². The highest BCUT2D eigenvalue weighted by Gasteiger charge is 2.13. The third-order valence-electron chi connectivity index (χ3n) is 1.92. The molecule has 0 aromatic heterocycles. The number of carbonyl (C=O) groups excluding carboxylic acids is 1. The molecule has 1 amide bonds. The van der Waals surface area contributed by atoms with E-state index in [0.29, 0.717) is 5.56 Å². The van der Waals surface area contributed by atoms with Gasteiger partial charge in [-0.15, -0.1) is 0 Å². The predicted molar refractivity (Wildman–Crippen MR) is 55.7 cm³/mol. The van der Waals surface area contributed by atoms with E-state index in [0.717, 1.165) is 5.69 Å². The quantitative estimate of drug-likeness (QED) is 0.694. The number of aromatic hydroxyl groups is 1. The molecule has 1 aromatic rings. The van der Waals surface area contributed by atoms with Crippen LogP contribution in [0.3, 0.4) is 0 Å². The number of benzene rings is 1. The lowest BCUT2D eigenvalue weighted by Crippen LogP contribution is -2.21. The van der Waals surface area contributed by atoms with Crippen LogP contribution < -0.4 is 5.32 Å². The van der Waals surface area contributed by atoms with E-state index in [-0.39, 0.29) is 11.7 Å². The van der Waals surface area contributed by atoms with Crippen molar-refractivity contribution < 1.29 is 9.90 Å². The first kappa shape index (κ1) is 10.4. The third kappa shape index (κ3) is 1.96. The van der Waals surface area contributed by atoms with E-state index in [1.54, 1.807) is 33.3 Å². The molecule has 0 unspecified atom stereocenters. The molecule has 76 valence electrons. The first-order chi connectivity index (χ1) is 6.56. The normalized spacial score (nSPS) is 9.64. The summed E-state index contributed by atoms with van der Waals surface area (Å²) >= 11 is 0. The molecule has 0 radical (unpaired) electrons. The second kappa shape index (κ2) is 4.00. The molecule has 4 heteroatoms. The molecule has 2 N–H and O–H groups in total. The highest BCUT2D eigenvalue weighted by atomic mass is 16.3. The lowest BCUT2D eigenvalue weighted by atomic mass is 10.1. The van der Waals surface area contributed by atoms with Crippen LogP contribution >= 0.6 is 0 Å². The van der Waals surface area contributed by atoms with Crippen molar-refractivity contribution in [2.24, 2.45) is 0 Å². The van der Waals surface area contributed by atoms with Crippen LogP contribution in [0.2, 0.25) is 0 Å². The summed E-state index contributed by atoms with van der Waals surface area (Å²) in [5.41, 5.74) is 1.11. The van der Waals surface area contributed by atoms with Gasteiger partial charge in [0, 0.05) is 26.8 Å². The van der Waals surface area contributed by atoms with Crippen LogP contribution in [0, 0.1) is 0 Å². The van der Waals surface area contributed by atoms with E-state index in [4.69, 9.17) is 0 Å². The zero-order valence-corrected chi connectivity index (χ0v) is 8.53. The fourth-order valence-electron chi connectivity index (χ4n) is 1.10. The molecule has 0 aliphatic rings. The summed E-state index contributed by atoms with van der Waals surface area (Å²) in [6, 6.07) is 4.84. The lowest BCUT2D eigenvalue weighted by Gasteiger charge is -2.12. The average Bonchev–Trinajstić information content (AvgIpc) is 2.17. The molecule has 0 aliphatic carbocycles. The van der Waals surface area contributed by atoms with Crippen molar-refractivity contribution in [3.63, 3.8) is 0 Å². The number of hydrogen-bond acceptors (Lipinski definition) is 3. The van der Waals surface area contributed by atoms with E-state index >= 15 is 0 Å². The maximum Gasteiger partial charge on any atom is 0.257 e. The van der Waals surface area contributed by atoms with Gasteiger partial charge in [-0.3, -0.25) is 4.79 Å². The number of phenols is 1. The number of hydrogen-bond donors (Lipinski definition) is 2. The van der Waals surface area contributed by atoms with Gasteiger partial charge in [-0.1, -0.05) is 0 Å². The topological polar surface area (TPSA) is 52.6 Å². The van der Waals surface area contributed by atoms with Crippen LogP contribution in [0.1, 0.15) is 10.4 Å². The molecule has 0 fully saturated rings. The van der Waals surface area contributed by atoms with Gasteiger partial charge in [-0.05, 0) is 18.2 Å². The molecule has 1 rings (SSSR count). The summed E-state index contributed by atoms with van der Waals surface area (Å²) in [4.78, 5) is 13.0. The molecule has 0 saturated carbocycles. The Morgan fingerprint density at radius 3 is 2.57 bits per heavy atom. The van der Waals surface area contributed by atoms with Gasteiger partial charge in [0.05, 0.1) is 5.56 Å². The van der Waals surface area contributed by atoms with Gasteiger partial charge in [0.1, 0.15) is 5.75 Å². The van der Waals surface area contributed by atoms with E-state index in [1.165, 1.54) is 11.0 Å². The van der Waals surface area contributed by atoms with Crippen molar-refractivity contribution in [3.05, 3.63) is 23.8 Å². The number of carbonyl (C=O) groups is 1. The largest absolute Gasteiger partial charge is 0.507 e. The minimum absolute atomic E-state index is 0.00250. The highest BCUT2D eigenvalue weighted by Crippen LogP contribution is 2.21. The molecule has 0 aliphatic heterocycles. The average molecular weight is 194 g/mol. The van der Waals surface area contributed by atoms with Crippen molar-refractivity contribution in [2.45, 2.75) is 0 Å². The van der Waals surface area contributed by atoms with Crippen molar-refractivity contribution >= 4 is 11.6 Å². The lowest BCUT2D eigenvalue weighted by molar-refractivity contribution is 0.0824. The van der Waals surface area contributed by atoms with E-state index in [2.05, 4.69) is 5.32 Å².